The summed E-state index contributed by atoms with van der Waals surface area (Å²) in [5.41, 5.74) is 1.42. The predicted octanol–water partition coefficient (Wildman–Crippen LogP) is 1.63. The third-order valence-electron chi connectivity index (χ3n) is 3.58. The normalized spacial score (nSPS) is 17.9. The molecule has 0 radical (unpaired) electrons. The van der Waals surface area contributed by atoms with Crippen LogP contribution in [0.5, 0.6) is 0 Å². The van der Waals surface area contributed by atoms with E-state index in [4.69, 9.17) is 0 Å². The van der Waals surface area contributed by atoms with Gasteiger partial charge in [-0.1, -0.05) is 0 Å². The largest absolute Gasteiger partial charge is 0.311 e. The standard InChI is InChI=1S/C14H16N4O2/c1-8(2)18-13-12(14(20)17-18)10(7-11(19)16-13)9-3-5-15-6-4-9/h3-6,8,10H,7H2,1-2H3,(H,16,19)(H,17,20)/t10-/m1/s1. The van der Waals surface area contributed by atoms with E-state index in [2.05, 4.69) is 15.4 Å². The van der Waals surface area contributed by atoms with Crippen LogP contribution < -0.4 is 10.9 Å². The first-order chi connectivity index (χ1) is 9.58. The Bertz CT molecular complexity index is 700. The van der Waals surface area contributed by atoms with E-state index in [1.165, 1.54) is 0 Å². The molecule has 1 amide bonds. The maximum Gasteiger partial charge on any atom is 0.270 e. The summed E-state index contributed by atoms with van der Waals surface area (Å²) in [5, 5.41) is 5.61. The third kappa shape index (κ3) is 1.93. The summed E-state index contributed by atoms with van der Waals surface area (Å²) in [6, 6.07) is 3.77. The average molecular weight is 272 g/mol. The van der Waals surface area contributed by atoms with Crippen LogP contribution in [0.3, 0.4) is 0 Å². The lowest BCUT2D eigenvalue weighted by molar-refractivity contribution is -0.116. The molecule has 0 aliphatic carbocycles. The quantitative estimate of drug-likeness (QED) is 0.872. The number of fused-ring (bicyclic) bond motifs is 1. The fourth-order valence-electron chi connectivity index (χ4n) is 2.65. The van der Waals surface area contributed by atoms with Crippen LogP contribution in [0.4, 0.5) is 5.82 Å². The van der Waals surface area contributed by atoms with Crippen LogP contribution in [0.25, 0.3) is 0 Å². The first-order valence-corrected chi connectivity index (χ1v) is 6.62. The number of aromatic amines is 1. The van der Waals surface area contributed by atoms with E-state index in [0.717, 1.165) is 5.56 Å². The van der Waals surface area contributed by atoms with E-state index in [1.54, 1.807) is 17.1 Å². The highest BCUT2D eigenvalue weighted by Crippen LogP contribution is 2.35. The summed E-state index contributed by atoms with van der Waals surface area (Å²) in [4.78, 5) is 28.2. The Morgan fingerprint density at radius 1 is 1.30 bits per heavy atom. The second-order valence-electron chi connectivity index (χ2n) is 5.25. The van der Waals surface area contributed by atoms with Gasteiger partial charge in [0.2, 0.25) is 5.91 Å². The van der Waals surface area contributed by atoms with E-state index in [-0.39, 0.29) is 29.8 Å². The zero-order valence-corrected chi connectivity index (χ0v) is 11.4. The van der Waals surface area contributed by atoms with Crippen molar-refractivity contribution in [2.45, 2.75) is 32.2 Å². The molecule has 104 valence electrons. The minimum atomic E-state index is -0.217. The van der Waals surface area contributed by atoms with Gasteiger partial charge in [0, 0.05) is 30.8 Å². The molecule has 3 rings (SSSR count). The van der Waals surface area contributed by atoms with Crippen LogP contribution in [-0.4, -0.2) is 20.7 Å². The lowest BCUT2D eigenvalue weighted by Crippen LogP contribution is -2.27. The lowest BCUT2D eigenvalue weighted by Gasteiger charge is -2.24. The second-order valence-corrected chi connectivity index (χ2v) is 5.25. The van der Waals surface area contributed by atoms with Crippen LogP contribution in [0.1, 0.15) is 43.4 Å². The molecule has 0 aromatic carbocycles. The van der Waals surface area contributed by atoms with Gasteiger partial charge in [0.05, 0.1) is 5.56 Å². The molecule has 2 aromatic heterocycles. The zero-order chi connectivity index (χ0) is 14.3. The molecule has 20 heavy (non-hydrogen) atoms. The van der Waals surface area contributed by atoms with Gasteiger partial charge < -0.3 is 5.32 Å². The molecule has 0 unspecified atom stereocenters. The van der Waals surface area contributed by atoms with Crippen molar-refractivity contribution in [3.05, 3.63) is 46.0 Å². The van der Waals surface area contributed by atoms with Crippen molar-refractivity contribution >= 4 is 11.7 Å². The monoisotopic (exact) mass is 272 g/mol. The summed E-state index contributed by atoms with van der Waals surface area (Å²) < 4.78 is 1.71. The number of nitrogens with one attached hydrogen (secondary N) is 2. The number of H-pyrrole nitrogens is 1. The smallest absolute Gasteiger partial charge is 0.270 e. The van der Waals surface area contributed by atoms with E-state index in [9.17, 15) is 9.59 Å². The van der Waals surface area contributed by atoms with Gasteiger partial charge >= 0.3 is 0 Å². The maximum atomic E-state index is 12.2. The summed E-state index contributed by atoms with van der Waals surface area (Å²) in [6.07, 6.45) is 3.63. The molecule has 0 spiro atoms. The van der Waals surface area contributed by atoms with Crippen molar-refractivity contribution in [3.8, 4) is 0 Å². The molecule has 1 aliphatic heterocycles. The van der Waals surface area contributed by atoms with Gasteiger partial charge in [-0.3, -0.25) is 24.4 Å². The number of nitrogens with zero attached hydrogens (tertiary/aromatic N) is 2. The Kier molecular flexibility index (Phi) is 2.93. The SMILES string of the molecule is CC(C)n1[nH]c(=O)c2c1NC(=O)C[C@@H]2c1ccncc1. The van der Waals surface area contributed by atoms with E-state index in [1.807, 2.05) is 26.0 Å². The number of hydrogen-bond acceptors (Lipinski definition) is 3. The molecule has 2 aromatic rings. The number of hydrogen-bond donors (Lipinski definition) is 2. The molecule has 0 fully saturated rings. The van der Waals surface area contributed by atoms with Crippen molar-refractivity contribution in [1.82, 2.24) is 14.8 Å². The van der Waals surface area contributed by atoms with Crippen LogP contribution in [0.15, 0.2) is 29.3 Å². The lowest BCUT2D eigenvalue weighted by atomic mass is 9.88. The molecule has 6 nitrogen and oxygen atoms in total. The second kappa shape index (κ2) is 4.63. The average Bonchev–Trinajstić information content (AvgIpc) is 2.76. The van der Waals surface area contributed by atoms with Gasteiger partial charge in [0.15, 0.2) is 0 Å². The third-order valence-corrected chi connectivity index (χ3v) is 3.58. The highest BCUT2D eigenvalue weighted by molar-refractivity contribution is 5.94. The fourth-order valence-corrected chi connectivity index (χ4v) is 2.65. The van der Waals surface area contributed by atoms with Gasteiger partial charge in [-0.25, -0.2) is 0 Å². The number of amides is 1. The maximum absolute atomic E-state index is 12.2. The van der Waals surface area contributed by atoms with Gasteiger partial charge in [-0.15, -0.1) is 0 Å². The predicted molar refractivity (Wildman–Crippen MR) is 74.8 cm³/mol. The van der Waals surface area contributed by atoms with Crippen LogP contribution >= 0.6 is 0 Å². The highest BCUT2D eigenvalue weighted by atomic mass is 16.2. The summed E-state index contributed by atoms with van der Waals surface area (Å²) >= 11 is 0. The minimum Gasteiger partial charge on any atom is -0.311 e. The van der Waals surface area contributed by atoms with Crippen molar-refractivity contribution in [2.24, 2.45) is 0 Å². The van der Waals surface area contributed by atoms with Gasteiger partial charge in [-0.05, 0) is 31.5 Å². The van der Waals surface area contributed by atoms with Gasteiger partial charge in [0.25, 0.3) is 5.56 Å². The topological polar surface area (TPSA) is 79.8 Å². The first-order valence-electron chi connectivity index (χ1n) is 6.62. The van der Waals surface area contributed by atoms with Crippen LogP contribution in [0.2, 0.25) is 0 Å². The molecular weight excluding hydrogens is 256 g/mol. The number of aromatic nitrogens is 3. The molecule has 1 aliphatic rings. The number of anilines is 1. The van der Waals surface area contributed by atoms with Crippen molar-refractivity contribution in [2.75, 3.05) is 5.32 Å². The van der Waals surface area contributed by atoms with Crippen LogP contribution in [-0.2, 0) is 4.79 Å². The molecule has 2 N–H and O–H groups in total. The minimum absolute atomic E-state index is 0.0722. The van der Waals surface area contributed by atoms with Crippen molar-refractivity contribution in [1.29, 1.82) is 0 Å². The molecule has 1 atom stereocenters. The summed E-state index contributed by atoms with van der Waals surface area (Å²) in [7, 11) is 0. The Hall–Kier alpha value is -2.37. The fraction of sp³-hybridized carbons (Fsp3) is 0.357. The van der Waals surface area contributed by atoms with Crippen molar-refractivity contribution < 1.29 is 4.79 Å². The Labute approximate surface area is 115 Å². The molecular formula is C14H16N4O2. The van der Waals surface area contributed by atoms with Crippen molar-refractivity contribution in [3.63, 3.8) is 0 Å². The molecule has 3 heterocycles. The molecule has 0 saturated heterocycles. The van der Waals surface area contributed by atoms with Gasteiger partial charge in [0.1, 0.15) is 5.82 Å². The molecule has 0 saturated carbocycles. The van der Waals surface area contributed by atoms with Crippen LogP contribution in [0, 0.1) is 0 Å². The number of pyridine rings is 1. The Morgan fingerprint density at radius 3 is 2.65 bits per heavy atom. The number of carbonyl (C=O) groups excluding carboxylic acids is 1. The Morgan fingerprint density at radius 2 is 2.00 bits per heavy atom. The zero-order valence-electron chi connectivity index (χ0n) is 11.4. The highest BCUT2D eigenvalue weighted by Gasteiger charge is 2.32. The van der Waals surface area contributed by atoms with E-state index < -0.39 is 0 Å². The molecule has 6 heteroatoms. The van der Waals surface area contributed by atoms with Gasteiger partial charge in [-0.2, -0.15) is 0 Å². The van der Waals surface area contributed by atoms with E-state index in [0.29, 0.717) is 11.4 Å². The summed E-state index contributed by atoms with van der Waals surface area (Å²) in [5.74, 6) is 0.293. The summed E-state index contributed by atoms with van der Waals surface area (Å²) in [6.45, 7) is 3.91. The molecule has 0 bridgehead atoms. The first kappa shape index (κ1) is 12.7. The number of carbonyl (C=O) groups is 1. The van der Waals surface area contributed by atoms with E-state index >= 15 is 0 Å². The number of rotatable bonds is 2. The Balaban J connectivity index is 2.18.